The Bertz CT molecular complexity index is 905. The smallest absolute Gasteiger partial charge is 0.247 e. The molecule has 25 heavy (non-hydrogen) atoms. The van der Waals surface area contributed by atoms with Crippen molar-refractivity contribution in [3.05, 3.63) is 65.2 Å². The van der Waals surface area contributed by atoms with Crippen LogP contribution in [0.25, 0.3) is 0 Å². The van der Waals surface area contributed by atoms with Gasteiger partial charge in [0.25, 0.3) is 0 Å². The number of sulfone groups is 1. The number of benzene rings is 2. The third-order valence-corrected chi connectivity index (χ3v) is 5.57. The van der Waals surface area contributed by atoms with Crippen molar-refractivity contribution in [1.82, 2.24) is 5.48 Å². The summed E-state index contributed by atoms with van der Waals surface area (Å²) in [6.07, 6.45) is 0. The largest absolute Gasteiger partial charge is 0.289 e. The highest BCUT2D eigenvalue weighted by Gasteiger charge is 2.22. The summed E-state index contributed by atoms with van der Waals surface area (Å²) in [5.74, 6) is 4.04. The van der Waals surface area contributed by atoms with Gasteiger partial charge in [0.15, 0.2) is 9.84 Å². The molecule has 0 aromatic heterocycles. The maximum atomic E-state index is 12.3. The second-order valence-electron chi connectivity index (χ2n) is 5.80. The van der Waals surface area contributed by atoms with Crippen molar-refractivity contribution in [3.63, 3.8) is 0 Å². The molecule has 2 rings (SSSR count). The Morgan fingerprint density at radius 2 is 1.52 bits per heavy atom. The molecule has 0 saturated carbocycles. The Balaban J connectivity index is 2.14. The van der Waals surface area contributed by atoms with Gasteiger partial charge in [-0.25, -0.2) is 13.9 Å². The van der Waals surface area contributed by atoms with Crippen molar-refractivity contribution in [2.75, 3.05) is 5.75 Å². The topological polar surface area (TPSA) is 83.5 Å². The Hall–Kier alpha value is -2.62. The van der Waals surface area contributed by atoms with Gasteiger partial charge in [0, 0.05) is 11.1 Å². The average molecular weight is 357 g/mol. The summed E-state index contributed by atoms with van der Waals surface area (Å²) >= 11 is 0. The van der Waals surface area contributed by atoms with Gasteiger partial charge >= 0.3 is 0 Å². The van der Waals surface area contributed by atoms with Crippen LogP contribution < -0.4 is 5.48 Å². The summed E-state index contributed by atoms with van der Waals surface area (Å²) in [5, 5.41) is 8.57. The number of hydrogen-bond acceptors (Lipinski definition) is 4. The first-order valence-electron chi connectivity index (χ1n) is 7.67. The van der Waals surface area contributed by atoms with E-state index in [1.165, 1.54) is 24.5 Å². The standard InChI is InChI=1S/C19H19NO4S/c1-14-3-5-16(6-4-14)7-8-17-9-11-18(12-10-17)25(23,24)13-15(2)19(21)20-22/h3-6,9-12,15,22H,13H2,1-2H3,(H,20,21). The minimum absolute atomic E-state index is 0.117. The van der Waals surface area contributed by atoms with E-state index in [0.29, 0.717) is 5.56 Å². The molecule has 0 fully saturated rings. The van der Waals surface area contributed by atoms with Crippen LogP contribution in [-0.4, -0.2) is 25.3 Å². The molecule has 2 N–H and O–H groups in total. The van der Waals surface area contributed by atoms with Crippen molar-refractivity contribution in [2.45, 2.75) is 18.7 Å². The number of hydrogen-bond donors (Lipinski definition) is 2. The van der Waals surface area contributed by atoms with Gasteiger partial charge < -0.3 is 0 Å². The zero-order valence-electron chi connectivity index (χ0n) is 14.0. The fourth-order valence-corrected chi connectivity index (χ4v) is 3.69. The maximum absolute atomic E-state index is 12.3. The number of amides is 1. The second kappa shape index (κ2) is 7.97. The van der Waals surface area contributed by atoms with Gasteiger partial charge in [-0.3, -0.25) is 10.0 Å². The lowest BCUT2D eigenvalue weighted by molar-refractivity contribution is -0.132. The second-order valence-corrected chi connectivity index (χ2v) is 7.83. The van der Waals surface area contributed by atoms with Gasteiger partial charge in [0.05, 0.1) is 16.6 Å². The monoisotopic (exact) mass is 357 g/mol. The van der Waals surface area contributed by atoms with Crippen LogP contribution in [0.2, 0.25) is 0 Å². The van der Waals surface area contributed by atoms with Crippen LogP contribution >= 0.6 is 0 Å². The van der Waals surface area contributed by atoms with Crippen molar-refractivity contribution in [1.29, 1.82) is 0 Å². The Morgan fingerprint density at radius 3 is 2.00 bits per heavy atom. The van der Waals surface area contributed by atoms with Crippen LogP contribution in [0.5, 0.6) is 0 Å². The van der Waals surface area contributed by atoms with E-state index in [0.717, 1.165) is 11.1 Å². The van der Waals surface area contributed by atoms with Crippen molar-refractivity contribution in [2.24, 2.45) is 5.92 Å². The Morgan fingerprint density at radius 1 is 1.04 bits per heavy atom. The molecule has 1 atom stereocenters. The lowest BCUT2D eigenvalue weighted by atomic mass is 10.1. The van der Waals surface area contributed by atoms with Gasteiger partial charge in [-0.1, -0.05) is 36.5 Å². The van der Waals surface area contributed by atoms with Crippen LogP contribution in [0.4, 0.5) is 0 Å². The molecular formula is C19H19NO4S. The zero-order valence-corrected chi connectivity index (χ0v) is 14.8. The lowest BCUT2D eigenvalue weighted by Gasteiger charge is -2.10. The van der Waals surface area contributed by atoms with Crippen LogP contribution in [0.15, 0.2) is 53.4 Å². The van der Waals surface area contributed by atoms with Crippen LogP contribution in [0.1, 0.15) is 23.6 Å². The highest BCUT2D eigenvalue weighted by atomic mass is 32.2. The fourth-order valence-electron chi connectivity index (χ4n) is 2.14. The molecule has 0 bridgehead atoms. The van der Waals surface area contributed by atoms with E-state index < -0.39 is 21.7 Å². The highest BCUT2D eigenvalue weighted by Crippen LogP contribution is 2.15. The fraction of sp³-hybridized carbons (Fsp3) is 0.211. The van der Waals surface area contributed by atoms with Crippen LogP contribution in [0, 0.1) is 24.7 Å². The van der Waals surface area contributed by atoms with Gasteiger partial charge in [-0.15, -0.1) is 0 Å². The number of carbonyl (C=O) groups excluding carboxylic acids is 1. The van der Waals surface area contributed by atoms with E-state index in [9.17, 15) is 13.2 Å². The summed E-state index contributed by atoms with van der Waals surface area (Å²) in [6, 6.07) is 14.0. The van der Waals surface area contributed by atoms with Gasteiger partial charge in [0.2, 0.25) is 5.91 Å². The first kappa shape index (κ1) is 18.7. The van der Waals surface area contributed by atoms with Crippen LogP contribution in [-0.2, 0) is 14.6 Å². The Labute approximate surface area is 147 Å². The lowest BCUT2D eigenvalue weighted by Crippen LogP contribution is -2.30. The first-order valence-corrected chi connectivity index (χ1v) is 9.32. The molecule has 6 heteroatoms. The maximum Gasteiger partial charge on any atom is 0.247 e. The summed E-state index contributed by atoms with van der Waals surface area (Å²) in [5.41, 5.74) is 4.19. The molecule has 0 saturated heterocycles. The molecule has 0 heterocycles. The third kappa shape index (κ3) is 5.18. The van der Waals surface area contributed by atoms with Crippen molar-refractivity contribution < 1.29 is 18.4 Å². The molecule has 2 aromatic carbocycles. The minimum Gasteiger partial charge on any atom is -0.289 e. The molecule has 0 radical (unpaired) electrons. The van der Waals surface area contributed by atoms with Gasteiger partial charge in [-0.05, 0) is 43.3 Å². The molecule has 130 valence electrons. The molecule has 2 aromatic rings. The van der Waals surface area contributed by atoms with E-state index in [1.54, 1.807) is 12.1 Å². The average Bonchev–Trinajstić information content (AvgIpc) is 2.60. The summed E-state index contributed by atoms with van der Waals surface area (Å²) < 4.78 is 24.6. The van der Waals surface area contributed by atoms with E-state index in [-0.39, 0.29) is 10.6 Å². The molecule has 0 aliphatic heterocycles. The number of rotatable bonds is 4. The van der Waals surface area contributed by atoms with E-state index >= 15 is 0 Å². The normalized spacial score (nSPS) is 12.0. The number of nitrogens with one attached hydrogen (secondary N) is 1. The summed E-state index contributed by atoms with van der Waals surface area (Å²) in [6.45, 7) is 3.44. The van der Waals surface area contributed by atoms with Gasteiger partial charge in [0.1, 0.15) is 0 Å². The molecule has 0 aliphatic carbocycles. The van der Waals surface area contributed by atoms with Crippen LogP contribution in [0.3, 0.4) is 0 Å². The Kier molecular flexibility index (Phi) is 5.97. The summed E-state index contributed by atoms with van der Waals surface area (Å²) in [7, 11) is -3.62. The van der Waals surface area contributed by atoms with Crippen molar-refractivity contribution in [3.8, 4) is 11.8 Å². The zero-order chi connectivity index (χ0) is 18.4. The third-order valence-electron chi connectivity index (χ3n) is 3.64. The minimum atomic E-state index is -3.62. The first-order chi connectivity index (χ1) is 11.8. The number of carbonyl (C=O) groups is 1. The predicted octanol–water partition coefficient (Wildman–Crippen LogP) is 2.31. The van der Waals surface area contributed by atoms with Gasteiger partial charge in [-0.2, -0.15) is 0 Å². The van der Waals surface area contributed by atoms with E-state index in [2.05, 4.69) is 11.8 Å². The number of aryl methyl sites for hydroxylation is 1. The molecule has 1 amide bonds. The molecule has 0 aliphatic rings. The number of hydroxylamine groups is 1. The summed E-state index contributed by atoms with van der Waals surface area (Å²) in [4.78, 5) is 11.4. The molecule has 1 unspecified atom stereocenters. The molecule has 0 spiro atoms. The highest BCUT2D eigenvalue weighted by molar-refractivity contribution is 7.91. The molecular weight excluding hydrogens is 338 g/mol. The predicted molar refractivity (Wildman–Crippen MR) is 94.7 cm³/mol. The van der Waals surface area contributed by atoms with Crippen molar-refractivity contribution >= 4 is 15.7 Å². The SMILES string of the molecule is Cc1ccc(C#Cc2ccc(S(=O)(=O)CC(C)C(=O)NO)cc2)cc1. The van der Waals surface area contributed by atoms with E-state index in [4.69, 9.17) is 5.21 Å². The van der Waals surface area contributed by atoms with E-state index in [1.807, 2.05) is 31.2 Å². The quantitative estimate of drug-likeness (QED) is 0.500. The molecule has 5 nitrogen and oxygen atoms in total.